The molecule has 2 atom stereocenters. The Morgan fingerprint density at radius 1 is 1.33 bits per heavy atom. The molecule has 0 spiro atoms. The largest absolute Gasteiger partial charge is 0.478 e. The number of rotatable bonds is 6. The first-order valence-corrected chi connectivity index (χ1v) is 10.9. The molecule has 1 aliphatic heterocycles. The summed E-state index contributed by atoms with van der Waals surface area (Å²) in [4.78, 5) is 27.7. The summed E-state index contributed by atoms with van der Waals surface area (Å²) < 4.78 is 0. The van der Waals surface area contributed by atoms with Crippen LogP contribution in [0.25, 0.3) is 0 Å². The Labute approximate surface area is 165 Å². The minimum atomic E-state index is -0.904. The van der Waals surface area contributed by atoms with Crippen molar-refractivity contribution in [3.8, 4) is 0 Å². The predicted molar refractivity (Wildman–Crippen MR) is 109 cm³/mol. The molecule has 0 radical (unpaired) electrons. The highest BCUT2D eigenvalue weighted by atomic mass is 32.1. The van der Waals surface area contributed by atoms with Crippen LogP contribution in [0.15, 0.2) is 39.4 Å². The summed E-state index contributed by atoms with van der Waals surface area (Å²) in [5.41, 5.74) is 4.01. The van der Waals surface area contributed by atoms with Gasteiger partial charge in [-0.1, -0.05) is 27.2 Å². The number of aliphatic carboxylic acids is 1. The van der Waals surface area contributed by atoms with Crippen LogP contribution in [-0.2, 0) is 9.59 Å². The van der Waals surface area contributed by atoms with Crippen molar-refractivity contribution in [2.24, 2.45) is 11.8 Å². The second kappa shape index (κ2) is 8.01. The first kappa shape index (κ1) is 19.9. The van der Waals surface area contributed by atoms with Crippen LogP contribution in [0.3, 0.4) is 0 Å². The highest BCUT2D eigenvalue weighted by Gasteiger charge is 2.44. The molecule has 0 bridgehead atoms. The molecule has 2 aliphatic rings. The maximum Gasteiger partial charge on any atom is 0.334 e. The van der Waals surface area contributed by atoms with Gasteiger partial charge in [-0.15, -0.1) is 0 Å². The highest BCUT2D eigenvalue weighted by molar-refractivity contribution is 7.08. The van der Waals surface area contributed by atoms with E-state index in [9.17, 15) is 14.7 Å². The van der Waals surface area contributed by atoms with E-state index in [1.165, 1.54) is 0 Å². The third kappa shape index (κ3) is 3.49. The number of carbonyl (C=O) groups excluding carboxylic acids is 1. The molecule has 2 unspecified atom stereocenters. The Kier molecular flexibility index (Phi) is 5.89. The maximum absolute atomic E-state index is 13.2. The molecule has 0 amide bonds. The molecule has 0 saturated carbocycles. The quantitative estimate of drug-likeness (QED) is 0.729. The number of hydrogen-bond acceptors (Lipinski definition) is 4. The predicted octanol–water partition coefficient (Wildman–Crippen LogP) is 5.20. The third-order valence-corrected chi connectivity index (χ3v) is 6.61. The van der Waals surface area contributed by atoms with Crippen LogP contribution in [-0.4, -0.2) is 28.3 Å². The van der Waals surface area contributed by atoms with Crippen molar-refractivity contribution < 1.29 is 14.7 Å². The average Bonchev–Trinajstić information content (AvgIpc) is 3.14. The van der Waals surface area contributed by atoms with Crippen LogP contribution in [0.2, 0.25) is 0 Å². The topological polar surface area (TPSA) is 57.6 Å². The molecule has 5 heteroatoms. The molecule has 0 saturated heterocycles. The van der Waals surface area contributed by atoms with E-state index in [1.54, 1.807) is 11.3 Å². The molecule has 2 heterocycles. The summed E-state index contributed by atoms with van der Waals surface area (Å²) in [5.74, 6) is -0.463. The summed E-state index contributed by atoms with van der Waals surface area (Å²) in [7, 11) is 0. The molecular formula is C22H29NO3S. The monoisotopic (exact) mass is 387 g/mol. The van der Waals surface area contributed by atoms with E-state index in [-0.39, 0.29) is 5.78 Å². The van der Waals surface area contributed by atoms with Gasteiger partial charge in [0.1, 0.15) is 0 Å². The Hall–Kier alpha value is -1.88. The number of carbonyl (C=O) groups is 2. The van der Waals surface area contributed by atoms with Crippen molar-refractivity contribution in [3.63, 3.8) is 0 Å². The standard InChI is InChI=1S/C22H29NO3S/c1-5-7-16-21(22(25)26)19(14-8-9-27-12-14)20-17(23(16)6-2)10-15(13(3)4)11-18(20)24/h8-9,12-13,15,19H,5-7,10-11H2,1-4H3,(H,25,26). The lowest BCUT2D eigenvalue weighted by Gasteiger charge is -2.43. The zero-order valence-electron chi connectivity index (χ0n) is 16.6. The molecule has 4 nitrogen and oxygen atoms in total. The average molecular weight is 388 g/mol. The molecule has 0 aromatic carbocycles. The van der Waals surface area contributed by atoms with Crippen LogP contribution >= 0.6 is 11.3 Å². The number of carboxylic acid groups (broad SMARTS) is 1. The van der Waals surface area contributed by atoms with Crippen molar-refractivity contribution in [1.82, 2.24) is 4.90 Å². The summed E-state index contributed by atoms with van der Waals surface area (Å²) in [6.45, 7) is 9.16. The van der Waals surface area contributed by atoms with Gasteiger partial charge < -0.3 is 10.0 Å². The zero-order valence-corrected chi connectivity index (χ0v) is 17.4. The molecule has 0 fully saturated rings. The van der Waals surface area contributed by atoms with Crippen LogP contribution < -0.4 is 0 Å². The molecule has 27 heavy (non-hydrogen) atoms. The summed E-state index contributed by atoms with van der Waals surface area (Å²) in [6, 6.07) is 1.97. The fraction of sp³-hybridized carbons (Fsp3) is 0.545. The summed E-state index contributed by atoms with van der Waals surface area (Å²) in [6.07, 6.45) is 2.97. The van der Waals surface area contributed by atoms with E-state index in [4.69, 9.17) is 0 Å². The molecule has 1 N–H and O–H groups in total. The highest BCUT2D eigenvalue weighted by Crippen LogP contribution is 2.49. The second-order valence-electron chi connectivity index (χ2n) is 7.85. The molecule has 146 valence electrons. The van der Waals surface area contributed by atoms with Gasteiger partial charge in [0.05, 0.1) is 5.57 Å². The number of hydrogen-bond donors (Lipinski definition) is 1. The number of allylic oxidation sites excluding steroid dienone is 3. The minimum Gasteiger partial charge on any atom is -0.478 e. The maximum atomic E-state index is 13.2. The van der Waals surface area contributed by atoms with Crippen molar-refractivity contribution in [3.05, 3.63) is 44.9 Å². The molecule has 1 aromatic rings. The molecule has 1 aromatic heterocycles. The molecule has 3 rings (SSSR count). The van der Waals surface area contributed by atoms with E-state index >= 15 is 0 Å². The fourth-order valence-electron chi connectivity index (χ4n) is 4.52. The van der Waals surface area contributed by atoms with Gasteiger partial charge in [-0.2, -0.15) is 11.3 Å². The van der Waals surface area contributed by atoms with Gasteiger partial charge in [-0.05, 0) is 54.0 Å². The van der Waals surface area contributed by atoms with Crippen LogP contribution in [0.1, 0.15) is 64.9 Å². The van der Waals surface area contributed by atoms with Crippen LogP contribution in [0, 0.1) is 11.8 Å². The summed E-state index contributed by atoms with van der Waals surface area (Å²) >= 11 is 1.55. The van der Waals surface area contributed by atoms with E-state index in [0.29, 0.717) is 36.8 Å². The smallest absolute Gasteiger partial charge is 0.334 e. The van der Waals surface area contributed by atoms with Gasteiger partial charge >= 0.3 is 5.97 Å². The second-order valence-corrected chi connectivity index (χ2v) is 8.63. The fourth-order valence-corrected chi connectivity index (χ4v) is 5.21. The van der Waals surface area contributed by atoms with Crippen molar-refractivity contribution >= 4 is 23.1 Å². The van der Waals surface area contributed by atoms with E-state index in [1.807, 2.05) is 23.8 Å². The van der Waals surface area contributed by atoms with Gasteiger partial charge in [0, 0.05) is 35.9 Å². The lowest BCUT2D eigenvalue weighted by molar-refractivity contribution is -0.133. The van der Waals surface area contributed by atoms with Gasteiger partial charge in [-0.3, -0.25) is 4.79 Å². The van der Waals surface area contributed by atoms with E-state index < -0.39 is 11.9 Å². The van der Waals surface area contributed by atoms with E-state index in [2.05, 4.69) is 25.7 Å². The normalized spacial score (nSPS) is 23.3. The number of thiophene rings is 1. The Morgan fingerprint density at radius 3 is 2.59 bits per heavy atom. The van der Waals surface area contributed by atoms with Gasteiger partial charge in [0.15, 0.2) is 5.78 Å². The van der Waals surface area contributed by atoms with Crippen molar-refractivity contribution in [2.45, 2.75) is 59.3 Å². The van der Waals surface area contributed by atoms with E-state index in [0.717, 1.165) is 35.4 Å². The molecule has 1 aliphatic carbocycles. The first-order chi connectivity index (χ1) is 12.9. The lowest BCUT2D eigenvalue weighted by Crippen LogP contribution is -2.40. The van der Waals surface area contributed by atoms with Crippen LogP contribution in [0.5, 0.6) is 0 Å². The van der Waals surface area contributed by atoms with Gasteiger partial charge in [0.2, 0.25) is 0 Å². The Morgan fingerprint density at radius 2 is 2.07 bits per heavy atom. The molecular weight excluding hydrogens is 358 g/mol. The summed E-state index contributed by atoms with van der Waals surface area (Å²) in [5, 5.41) is 14.1. The van der Waals surface area contributed by atoms with Gasteiger partial charge in [-0.25, -0.2) is 4.79 Å². The van der Waals surface area contributed by atoms with Crippen LogP contribution in [0.4, 0.5) is 0 Å². The first-order valence-electron chi connectivity index (χ1n) is 9.92. The number of ketones is 1. The number of Topliss-reactive ketones (excluding diaryl/α,β-unsaturated/α-hetero) is 1. The van der Waals surface area contributed by atoms with Crippen molar-refractivity contribution in [1.29, 1.82) is 0 Å². The Bertz CT molecular complexity index is 788. The Balaban J connectivity index is 2.24. The number of carboxylic acids is 1. The SMILES string of the molecule is CCCC1=C(C(=O)O)C(c2ccsc2)C2=C(CC(C(C)C)CC2=O)N1CC. The third-order valence-electron chi connectivity index (χ3n) is 5.91. The number of nitrogens with zero attached hydrogens (tertiary/aromatic N) is 1. The minimum absolute atomic E-state index is 0.124. The van der Waals surface area contributed by atoms with Gasteiger partial charge in [0.25, 0.3) is 0 Å². The zero-order chi connectivity index (χ0) is 19.7. The van der Waals surface area contributed by atoms with Crippen molar-refractivity contribution in [2.75, 3.05) is 6.54 Å². The lowest BCUT2D eigenvalue weighted by atomic mass is 9.70.